The Morgan fingerprint density at radius 1 is 0.917 bits per heavy atom. The summed E-state index contributed by atoms with van der Waals surface area (Å²) in [5, 5.41) is 9.62. The second-order valence-electron chi connectivity index (χ2n) is 7.27. The van der Waals surface area contributed by atoms with Crippen LogP contribution in [-0.4, -0.2) is 55.1 Å². The Balaban J connectivity index is 0.00000208. The minimum absolute atomic E-state index is 0. The number of carbonyl (C=O) groups excluding carboxylic acids is 2. The quantitative estimate of drug-likeness (QED) is 0.718. The van der Waals surface area contributed by atoms with Crippen LogP contribution in [0.4, 0.5) is 4.79 Å². The molecule has 1 aliphatic carbocycles. The molecule has 0 aromatic rings. The summed E-state index contributed by atoms with van der Waals surface area (Å²) in [5.74, 6) is 0.0667. The summed E-state index contributed by atoms with van der Waals surface area (Å²) < 4.78 is 0. The Morgan fingerprint density at radius 3 is 2.38 bits per heavy atom. The van der Waals surface area contributed by atoms with Crippen molar-refractivity contribution in [1.29, 1.82) is 0 Å². The van der Waals surface area contributed by atoms with Gasteiger partial charge in [-0.25, -0.2) is 4.79 Å². The van der Waals surface area contributed by atoms with Crippen molar-refractivity contribution in [1.82, 2.24) is 20.9 Å². The van der Waals surface area contributed by atoms with Gasteiger partial charge in [0.15, 0.2) is 0 Å². The number of urea groups is 1. The van der Waals surface area contributed by atoms with Crippen LogP contribution in [0.1, 0.15) is 51.4 Å². The lowest BCUT2D eigenvalue weighted by atomic mass is 9.96. The second-order valence-corrected chi connectivity index (χ2v) is 7.27. The number of nitrogens with one attached hydrogen (secondary N) is 3. The molecular weight excluding hydrogens is 328 g/mol. The molecule has 3 fully saturated rings. The molecule has 1 saturated carbocycles. The van der Waals surface area contributed by atoms with Gasteiger partial charge in [0.1, 0.15) is 0 Å². The minimum atomic E-state index is -0.0556. The summed E-state index contributed by atoms with van der Waals surface area (Å²) in [4.78, 5) is 26.7. The average Bonchev–Trinajstić information content (AvgIpc) is 3.09. The Hall–Kier alpha value is -1.01. The number of piperidine rings is 2. The smallest absolute Gasteiger partial charge is 0.317 e. The fourth-order valence-corrected chi connectivity index (χ4v) is 4.01. The van der Waals surface area contributed by atoms with Gasteiger partial charge in [-0.2, -0.15) is 0 Å². The molecule has 2 atom stereocenters. The topological polar surface area (TPSA) is 73.5 Å². The van der Waals surface area contributed by atoms with Crippen LogP contribution in [0.5, 0.6) is 0 Å². The Morgan fingerprint density at radius 2 is 1.67 bits per heavy atom. The molecule has 0 bridgehead atoms. The normalized spacial score (nSPS) is 28.1. The van der Waals surface area contributed by atoms with Crippen LogP contribution in [0.15, 0.2) is 0 Å². The van der Waals surface area contributed by atoms with Gasteiger partial charge < -0.3 is 20.9 Å². The van der Waals surface area contributed by atoms with E-state index in [4.69, 9.17) is 0 Å². The van der Waals surface area contributed by atoms with Gasteiger partial charge in [-0.1, -0.05) is 12.8 Å². The van der Waals surface area contributed by atoms with Crippen molar-refractivity contribution in [2.45, 2.75) is 63.5 Å². The third-order valence-electron chi connectivity index (χ3n) is 5.41. The maximum absolute atomic E-state index is 12.5. The number of hydrogen-bond acceptors (Lipinski definition) is 3. The molecule has 0 spiro atoms. The maximum atomic E-state index is 12.5. The van der Waals surface area contributed by atoms with Crippen molar-refractivity contribution in [3.05, 3.63) is 0 Å². The zero-order chi connectivity index (χ0) is 16.1. The molecular formula is C17H31ClN4O2. The van der Waals surface area contributed by atoms with Crippen molar-refractivity contribution in [2.24, 2.45) is 5.92 Å². The van der Waals surface area contributed by atoms with Crippen molar-refractivity contribution < 1.29 is 9.59 Å². The third-order valence-corrected chi connectivity index (χ3v) is 5.41. The Labute approximate surface area is 150 Å². The number of likely N-dealkylation sites (tertiary alicyclic amines) is 1. The molecule has 0 aromatic carbocycles. The molecule has 2 unspecified atom stereocenters. The molecule has 0 radical (unpaired) electrons. The maximum Gasteiger partial charge on any atom is 0.317 e. The van der Waals surface area contributed by atoms with Crippen LogP contribution in [0.25, 0.3) is 0 Å². The van der Waals surface area contributed by atoms with E-state index >= 15 is 0 Å². The number of nitrogens with zero attached hydrogens (tertiary/aromatic N) is 1. The largest absolute Gasteiger partial charge is 0.352 e. The lowest BCUT2D eigenvalue weighted by molar-refractivity contribution is -0.127. The summed E-state index contributed by atoms with van der Waals surface area (Å²) in [7, 11) is 0. The molecule has 7 heteroatoms. The summed E-state index contributed by atoms with van der Waals surface area (Å²) in [5.41, 5.74) is 0. The average molecular weight is 359 g/mol. The Kier molecular flexibility index (Phi) is 7.62. The zero-order valence-corrected chi connectivity index (χ0v) is 15.2. The lowest BCUT2D eigenvalue weighted by Gasteiger charge is -2.34. The first-order valence-electron chi connectivity index (χ1n) is 9.29. The van der Waals surface area contributed by atoms with Gasteiger partial charge in [-0.3, -0.25) is 4.79 Å². The van der Waals surface area contributed by atoms with Gasteiger partial charge in [0.05, 0.1) is 5.92 Å². The highest BCUT2D eigenvalue weighted by Gasteiger charge is 2.30. The summed E-state index contributed by atoms with van der Waals surface area (Å²) in [6, 6.07) is 0.609. The highest BCUT2D eigenvalue weighted by Crippen LogP contribution is 2.20. The van der Waals surface area contributed by atoms with Crippen molar-refractivity contribution in [3.63, 3.8) is 0 Å². The molecule has 0 aromatic heterocycles. The van der Waals surface area contributed by atoms with Crippen LogP contribution in [0.3, 0.4) is 0 Å². The minimum Gasteiger partial charge on any atom is -0.352 e. The van der Waals surface area contributed by atoms with E-state index in [0.29, 0.717) is 12.6 Å². The molecule has 3 aliphatic rings. The molecule has 3 amide bonds. The number of hydrogen-bond donors (Lipinski definition) is 3. The van der Waals surface area contributed by atoms with Gasteiger partial charge in [0.2, 0.25) is 5.91 Å². The van der Waals surface area contributed by atoms with Gasteiger partial charge in [-0.15, -0.1) is 12.4 Å². The van der Waals surface area contributed by atoms with E-state index in [1.807, 2.05) is 4.90 Å². The van der Waals surface area contributed by atoms with Gasteiger partial charge in [0, 0.05) is 31.7 Å². The molecule has 2 heterocycles. The van der Waals surface area contributed by atoms with Crippen LogP contribution < -0.4 is 16.0 Å². The first-order chi connectivity index (χ1) is 11.2. The van der Waals surface area contributed by atoms with Crippen LogP contribution in [0.2, 0.25) is 0 Å². The standard InChI is InChI=1S/C17H30N4O2.ClH/c22-16(19-15-8-3-9-18-11-15)13-5-4-10-21(12-13)17(23)20-14-6-1-2-7-14;/h13-15,18H,1-12H2,(H,19,22)(H,20,23);1H. The molecule has 3 rings (SSSR count). The van der Waals surface area contributed by atoms with E-state index in [-0.39, 0.29) is 36.3 Å². The predicted molar refractivity (Wildman–Crippen MR) is 96.4 cm³/mol. The predicted octanol–water partition coefficient (Wildman–Crippen LogP) is 1.64. The molecule has 2 saturated heterocycles. The first kappa shape index (κ1) is 19.3. The van der Waals surface area contributed by atoms with Gasteiger partial charge in [0.25, 0.3) is 0 Å². The van der Waals surface area contributed by atoms with E-state index in [2.05, 4.69) is 16.0 Å². The summed E-state index contributed by atoms with van der Waals surface area (Å²) >= 11 is 0. The number of rotatable bonds is 3. The van der Waals surface area contributed by atoms with Crippen LogP contribution in [-0.2, 0) is 4.79 Å². The zero-order valence-electron chi connectivity index (χ0n) is 14.4. The van der Waals surface area contributed by atoms with Gasteiger partial charge in [-0.05, 0) is 45.1 Å². The highest BCUT2D eigenvalue weighted by atomic mass is 35.5. The monoisotopic (exact) mass is 358 g/mol. The van der Waals surface area contributed by atoms with Crippen molar-refractivity contribution in [2.75, 3.05) is 26.2 Å². The van der Waals surface area contributed by atoms with Gasteiger partial charge >= 0.3 is 6.03 Å². The van der Waals surface area contributed by atoms with Crippen LogP contribution >= 0.6 is 12.4 Å². The summed E-state index contributed by atoms with van der Waals surface area (Å²) in [6.45, 7) is 3.24. The molecule has 138 valence electrons. The molecule has 3 N–H and O–H groups in total. The fourth-order valence-electron chi connectivity index (χ4n) is 4.01. The second kappa shape index (κ2) is 9.47. The summed E-state index contributed by atoms with van der Waals surface area (Å²) in [6.07, 6.45) is 8.59. The van der Waals surface area contributed by atoms with E-state index in [1.54, 1.807) is 0 Å². The lowest BCUT2D eigenvalue weighted by Crippen LogP contribution is -2.53. The molecule has 2 aliphatic heterocycles. The van der Waals surface area contributed by atoms with E-state index < -0.39 is 0 Å². The van der Waals surface area contributed by atoms with E-state index in [9.17, 15) is 9.59 Å². The number of halogens is 1. The number of carbonyl (C=O) groups is 2. The Bertz CT molecular complexity index is 423. The molecule has 6 nitrogen and oxygen atoms in total. The SMILES string of the molecule is Cl.O=C(NC1CCCNC1)C1CCCN(C(=O)NC2CCCC2)C1. The molecule has 24 heavy (non-hydrogen) atoms. The van der Waals surface area contributed by atoms with Crippen LogP contribution in [0, 0.1) is 5.92 Å². The fraction of sp³-hybridized carbons (Fsp3) is 0.882. The van der Waals surface area contributed by atoms with Crippen molar-refractivity contribution in [3.8, 4) is 0 Å². The van der Waals surface area contributed by atoms with Crippen molar-refractivity contribution >= 4 is 24.3 Å². The van der Waals surface area contributed by atoms with E-state index in [1.165, 1.54) is 12.8 Å². The first-order valence-corrected chi connectivity index (χ1v) is 9.29. The number of amides is 3. The highest BCUT2D eigenvalue weighted by molar-refractivity contribution is 5.85. The van der Waals surface area contributed by atoms with E-state index in [0.717, 1.165) is 58.2 Å². The third kappa shape index (κ3) is 5.24.